The lowest BCUT2D eigenvalue weighted by atomic mass is 9.94. The first-order valence-corrected chi connectivity index (χ1v) is 16.7. The predicted molar refractivity (Wildman–Crippen MR) is 169 cm³/mol. The minimum atomic E-state index is -0.365. The number of likely N-dealkylation sites (tertiary alicyclic amines) is 3. The number of furan rings is 1. The number of anilines is 1. The topological polar surface area (TPSA) is 86.5 Å². The van der Waals surface area contributed by atoms with E-state index < -0.39 is 0 Å². The lowest BCUT2D eigenvalue weighted by molar-refractivity contribution is -0.130. The lowest BCUT2D eigenvalue weighted by Gasteiger charge is -2.32. The molecule has 1 aromatic heterocycles. The van der Waals surface area contributed by atoms with Gasteiger partial charge in [0.05, 0.1) is 5.56 Å². The molecule has 9 nitrogen and oxygen atoms in total. The van der Waals surface area contributed by atoms with Crippen molar-refractivity contribution in [1.29, 1.82) is 0 Å². The van der Waals surface area contributed by atoms with Crippen LogP contribution in [0.2, 0.25) is 5.02 Å². The third-order valence-electron chi connectivity index (χ3n) is 10.1. The molecule has 3 aliphatic heterocycles. The molecule has 3 amide bonds. The van der Waals surface area contributed by atoms with Crippen molar-refractivity contribution in [3.63, 3.8) is 0 Å². The highest BCUT2D eigenvalue weighted by atomic mass is 35.5. The van der Waals surface area contributed by atoms with Gasteiger partial charge in [-0.05, 0) is 75.6 Å². The summed E-state index contributed by atoms with van der Waals surface area (Å²) in [4.78, 5) is 46.7. The minimum Gasteiger partial charge on any atom is -0.465 e. The molecule has 2 atom stereocenters. The Labute approximate surface area is 265 Å². The standard InChI is InChI=1S/C34H45ClN4O5/c1-22-9-10-27(17-30(22)35)39(34(42)44-28-11-15-37(16-12-28)24(3)40)14-6-13-36-18-25-20-38(21-26(25)19-36)33(41)32-23(2)43-31-8-5-4-7-29(31)32/h9-10,17,25-26,28H,4-8,11-16,18-21H2,1-3H3. The van der Waals surface area contributed by atoms with E-state index in [2.05, 4.69) is 9.80 Å². The van der Waals surface area contributed by atoms with Gasteiger partial charge in [0.15, 0.2) is 0 Å². The van der Waals surface area contributed by atoms with Crippen molar-refractivity contribution in [2.24, 2.45) is 11.8 Å². The average Bonchev–Trinajstić information content (AvgIpc) is 3.67. The number of hydrogen-bond donors (Lipinski definition) is 0. The third kappa shape index (κ3) is 6.50. The summed E-state index contributed by atoms with van der Waals surface area (Å²) in [5.74, 6) is 2.95. The van der Waals surface area contributed by atoms with E-state index in [-0.39, 0.29) is 24.0 Å². The smallest absolute Gasteiger partial charge is 0.414 e. The van der Waals surface area contributed by atoms with Crippen LogP contribution in [0.25, 0.3) is 0 Å². The summed E-state index contributed by atoms with van der Waals surface area (Å²) in [6, 6.07) is 5.69. The molecule has 2 aromatic rings. The van der Waals surface area contributed by atoms with Crippen LogP contribution in [0.4, 0.5) is 10.5 Å². The lowest BCUT2D eigenvalue weighted by Crippen LogP contribution is -2.43. The highest BCUT2D eigenvalue weighted by Gasteiger charge is 2.42. The van der Waals surface area contributed by atoms with Gasteiger partial charge < -0.3 is 23.9 Å². The zero-order valence-electron chi connectivity index (χ0n) is 26.3. The number of aryl methyl sites for hydroxylation is 3. The fourth-order valence-electron chi connectivity index (χ4n) is 7.60. The molecule has 0 N–H and O–H groups in total. The summed E-state index contributed by atoms with van der Waals surface area (Å²) >= 11 is 6.44. The number of rotatable bonds is 7. The molecule has 1 aromatic carbocycles. The summed E-state index contributed by atoms with van der Waals surface area (Å²) in [5, 5.41) is 0.618. The summed E-state index contributed by atoms with van der Waals surface area (Å²) < 4.78 is 11.9. The van der Waals surface area contributed by atoms with Gasteiger partial charge in [0, 0.05) is 88.3 Å². The van der Waals surface area contributed by atoms with Gasteiger partial charge in [-0.15, -0.1) is 0 Å². The summed E-state index contributed by atoms with van der Waals surface area (Å²) in [5.41, 5.74) is 3.66. The summed E-state index contributed by atoms with van der Waals surface area (Å²) in [7, 11) is 0. The van der Waals surface area contributed by atoms with Gasteiger partial charge >= 0.3 is 6.09 Å². The molecule has 238 valence electrons. The summed E-state index contributed by atoms with van der Waals surface area (Å²) in [6.07, 6.45) is 5.66. The quantitative estimate of drug-likeness (QED) is 0.406. The predicted octanol–water partition coefficient (Wildman–Crippen LogP) is 5.48. The van der Waals surface area contributed by atoms with E-state index in [1.54, 1.807) is 16.7 Å². The molecular formula is C34H45ClN4O5. The number of amides is 3. The number of ether oxygens (including phenoxy) is 1. The van der Waals surface area contributed by atoms with Crippen LogP contribution >= 0.6 is 11.6 Å². The molecule has 2 unspecified atom stereocenters. The molecule has 0 bridgehead atoms. The molecule has 4 heterocycles. The number of halogens is 1. The Morgan fingerprint density at radius 3 is 2.39 bits per heavy atom. The van der Waals surface area contributed by atoms with Gasteiger partial charge in [-0.2, -0.15) is 0 Å². The van der Waals surface area contributed by atoms with E-state index in [9.17, 15) is 14.4 Å². The monoisotopic (exact) mass is 624 g/mol. The molecule has 6 rings (SSSR count). The van der Waals surface area contributed by atoms with Gasteiger partial charge in [-0.1, -0.05) is 17.7 Å². The van der Waals surface area contributed by atoms with Crippen molar-refractivity contribution in [2.45, 2.75) is 71.8 Å². The zero-order valence-corrected chi connectivity index (χ0v) is 27.0. The molecule has 3 fully saturated rings. The van der Waals surface area contributed by atoms with Crippen molar-refractivity contribution in [3.05, 3.63) is 51.4 Å². The Morgan fingerprint density at radius 1 is 1.00 bits per heavy atom. The van der Waals surface area contributed by atoms with Crippen molar-refractivity contribution in [3.8, 4) is 0 Å². The van der Waals surface area contributed by atoms with E-state index in [0.29, 0.717) is 49.3 Å². The van der Waals surface area contributed by atoms with Crippen LogP contribution < -0.4 is 4.90 Å². The van der Waals surface area contributed by atoms with Crippen LogP contribution in [-0.2, 0) is 22.4 Å². The molecule has 0 saturated carbocycles. The van der Waals surface area contributed by atoms with E-state index in [1.807, 2.05) is 32.0 Å². The fourth-order valence-corrected chi connectivity index (χ4v) is 7.78. The second-order valence-corrected chi connectivity index (χ2v) is 13.6. The van der Waals surface area contributed by atoms with Gasteiger partial charge in [0.25, 0.3) is 5.91 Å². The van der Waals surface area contributed by atoms with Crippen molar-refractivity contribution in [2.75, 3.05) is 57.3 Å². The van der Waals surface area contributed by atoms with Crippen LogP contribution in [0, 0.1) is 25.7 Å². The summed E-state index contributed by atoms with van der Waals surface area (Å²) in [6.45, 7) is 11.6. The largest absolute Gasteiger partial charge is 0.465 e. The third-order valence-corrected chi connectivity index (χ3v) is 10.5. The van der Waals surface area contributed by atoms with Gasteiger partial charge in [-0.25, -0.2) is 4.79 Å². The normalized spacial score (nSPS) is 22.2. The molecule has 4 aliphatic rings. The Kier molecular flexibility index (Phi) is 9.24. The van der Waals surface area contributed by atoms with Crippen LogP contribution in [0.3, 0.4) is 0 Å². The number of hydrogen-bond acceptors (Lipinski definition) is 6. The molecule has 0 radical (unpaired) electrons. The first kappa shape index (κ1) is 31.0. The molecule has 44 heavy (non-hydrogen) atoms. The van der Waals surface area contributed by atoms with Gasteiger partial charge in [0.2, 0.25) is 5.91 Å². The first-order valence-electron chi connectivity index (χ1n) is 16.3. The Morgan fingerprint density at radius 2 is 1.70 bits per heavy atom. The van der Waals surface area contributed by atoms with E-state index in [1.165, 1.54) is 0 Å². The van der Waals surface area contributed by atoms with Crippen LogP contribution in [0.5, 0.6) is 0 Å². The number of piperidine rings is 1. The molecule has 10 heteroatoms. The second-order valence-electron chi connectivity index (χ2n) is 13.2. The maximum absolute atomic E-state index is 13.6. The Hall–Kier alpha value is -3.04. The van der Waals surface area contributed by atoms with Crippen molar-refractivity contribution >= 4 is 35.2 Å². The zero-order chi connectivity index (χ0) is 31.0. The Balaban J connectivity index is 1.02. The molecule has 3 saturated heterocycles. The maximum atomic E-state index is 13.6. The molecule has 0 spiro atoms. The van der Waals surface area contributed by atoms with Gasteiger partial charge in [-0.3, -0.25) is 14.5 Å². The van der Waals surface area contributed by atoms with Crippen LogP contribution in [0.15, 0.2) is 22.6 Å². The van der Waals surface area contributed by atoms with Crippen molar-refractivity contribution < 1.29 is 23.5 Å². The molecular weight excluding hydrogens is 580 g/mol. The van der Waals surface area contributed by atoms with Gasteiger partial charge in [0.1, 0.15) is 17.6 Å². The average molecular weight is 625 g/mol. The second kappa shape index (κ2) is 13.1. The minimum absolute atomic E-state index is 0.0580. The SMILES string of the molecule is CC(=O)N1CCC(OC(=O)N(CCCN2CC3CN(C(=O)c4c(C)oc5c4CCCC5)CC3C2)c2ccc(C)c(Cl)c2)CC1. The van der Waals surface area contributed by atoms with Crippen LogP contribution in [0.1, 0.15) is 72.0 Å². The number of carbonyl (C=O) groups is 3. The number of carbonyl (C=O) groups excluding carboxylic acids is 3. The maximum Gasteiger partial charge on any atom is 0.414 e. The number of benzene rings is 1. The highest BCUT2D eigenvalue weighted by Crippen LogP contribution is 2.35. The first-order chi connectivity index (χ1) is 21.2. The van der Waals surface area contributed by atoms with E-state index in [0.717, 1.165) is 98.7 Å². The fraction of sp³-hybridized carbons (Fsp3) is 0.618. The number of fused-ring (bicyclic) bond motifs is 2. The molecule has 1 aliphatic carbocycles. The van der Waals surface area contributed by atoms with Crippen molar-refractivity contribution in [1.82, 2.24) is 14.7 Å². The van der Waals surface area contributed by atoms with E-state index >= 15 is 0 Å². The van der Waals surface area contributed by atoms with E-state index in [4.69, 9.17) is 20.8 Å². The van der Waals surface area contributed by atoms with Crippen LogP contribution in [-0.4, -0.2) is 91.1 Å². The number of nitrogens with zero attached hydrogens (tertiary/aromatic N) is 4. The highest BCUT2D eigenvalue weighted by molar-refractivity contribution is 6.31. The Bertz CT molecular complexity index is 1390.